The summed E-state index contributed by atoms with van der Waals surface area (Å²) >= 11 is 1.62. The number of aliphatic carboxylic acids is 1. The van der Waals surface area contributed by atoms with Crippen LogP contribution in [-0.4, -0.2) is 40.2 Å². The smallest absolute Gasteiger partial charge is 0.308 e. The van der Waals surface area contributed by atoms with Crippen molar-refractivity contribution in [2.24, 2.45) is 17.8 Å². The second-order valence-electron chi connectivity index (χ2n) is 6.63. The van der Waals surface area contributed by atoms with Crippen LogP contribution in [-0.2, 0) is 15.3 Å². The molecule has 0 bridgehead atoms. The average molecular weight is 333 g/mol. The fourth-order valence-electron chi connectivity index (χ4n) is 3.40. The molecule has 4 nitrogen and oxygen atoms in total. The number of carbonyl (C=O) groups is 2. The molecule has 124 valence electrons. The summed E-state index contributed by atoms with van der Waals surface area (Å²) in [5.74, 6) is 0.430. The monoisotopic (exact) mass is 333 g/mol. The van der Waals surface area contributed by atoms with Gasteiger partial charge in [0.2, 0.25) is 5.91 Å². The van der Waals surface area contributed by atoms with E-state index in [1.54, 1.807) is 16.7 Å². The molecule has 2 aliphatic rings. The minimum Gasteiger partial charge on any atom is -0.481 e. The molecule has 1 aliphatic carbocycles. The first-order valence-corrected chi connectivity index (χ1v) is 9.28. The molecule has 0 aromatic heterocycles. The van der Waals surface area contributed by atoms with E-state index in [-0.39, 0.29) is 23.0 Å². The van der Waals surface area contributed by atoms with E-state index < -0.39 is 5.97 Å². The topological polar surface area (TPSA) is 57.6 Å². The van der Waals surface area contributed by atoms with Gasteiger partial charge < -0.3 is 10.0 Å². The lowest BCUT2D eigenvalue weighted by Gasteiger charge is -2.20. The van der Waals surface area contributed by atoms with Gasteiger partial charge in [0.1, 0.15) is 0 Å². The zero-order valence-electron chi connectivity index (χ0n) is 13.4. The fourth-order valence-corrected chi connectivity index (χ4v) is 4.32. The maximum absolute atomic E-state index is 12.6. The first kappa shape index (κ1) is 16.4. The number of carboxylic acid groups (broad SMARTS) is 1. The van der Waals surface area contributed by atoms with E-state index in [9.17, 15) is 14.7 Å². The molecule has 1 saturated carbocycles. The van der Waals surface area contributed by atoms with E-state index in [1.807, 2.05) is 25.1 Å². The molecule has 1 aliphatic heterocycles. The van der Waals surface area contributed by atoms with E-state index in [1.165, 1.54) is 5.56 Å². The molecule has 0 spiro atoms. The molecule has 1 unspecified atom stereocenters. The summed E-state index contributed by atoms with van der Waals surface area (Å²) in [4.78, 5) is 25.9. The molecule has 2 fully saturated rings. The van der Waals surface area contributed by atoms with Crippen LogP contribution in [0, 0.1) is 17.8 Å². The largest absolute Gasteiger partial charge is 0.481 e. The van der Waals surface area contributed by atoms with Crippen molar-refractivity contribution < 1.29 is 14.7 Å². The molecule has 1 saturated heterocycles. The molecule has 1 aromatic rings. The van der Waals surface area contributed by atoms with Crippen molar-refractivity contribution in [3.8, 4) is 0 Å². The minimum absolute atomic E-state index is 0.0836. The Labute approximate surface area is 141 Å². The van der Waals surface area contributed by atoms with Gasteiger partial charge in [-0.1, -0.05) is 30.3 Å². The highest BCUT2D eigenvalue weighted by Crippen LogP contribution is 2.44. The van der Waals surface area contributed by atoms with Crippen LogP contribution in [0.4, 0.5) is 0 Å². The van der Waals surface area contributed by atoms with Crippen LogP contribution >= 0.6 is 11.8 Å². The number of hydrogen-bond donors (Lipinski definition) is 1. The first-order chi connectivity index (χ1) is 11.1. The maximum atomic E-state index is 12.6. The predicted octanol–water partition coefficient (Wildman–Crippen LogP) is 2.88. The van der Waals surface area contributed by atoms with Crippen LogP contribution in [0.25, 0.3) is 0 Å². The Hall–Kier alpha value is -1.49. The normalized spacial score (nSPS) is 25.3. The van der Waals surface area contributed by atoms with Gasteiger partial charge >= 0.3 is 5.97 Å². The van der Waals surface area contributed by atoms with Crippen molar-refractivity contribution >= 4 is 23.6 Å². The van der Waals surface area contributed by atoms with E-state index >= 15 is 0 Å². The lowest BCUT2D eigenvalue weighted by atomic mass is 9.92. The lowest BCUT2D eigenvalue weighted by Crippen LogP contribution is -2.35. The summed E-state index contributed by atoms with van der Waals surface area (Å²) < 4.78 is 0. The van der Waals surface area contributed by atoms with Crippen LogP contribution in [0.5, 0.6) is 0 Å². The second kappa shape index (κ2) is 6.95. The number of amides is 1. The summed E-state index contributed by atoms with van der Waals surface area (Å²) in [6.45, 7) is 2.93. The highest BCUT2D eigenvalue weighted by Gasteiger charge is 2.47. The van der Waals surface area contributed by atoms with E-state index in [2.05, 4.69) is 12.1 Å². The third kappa shape index (κ3) is 3.89. The predicted molar refractivity (Wildman–Crippen MR) is 91.1 cm³/mol. The van der Waals surface area contributed by atoms with Crippen molar-refractivity contribution in [2.45, 2.75) is 30.8 Å². The van der Waals surface area contributed by atoms with E-state index in [4.69, 9.17) is 0 Å². The van der Waals surface area contributed by atoms with Crippen molar-refractivity contribution in [3.05, 3.63) is 35.9 Å². The molecule has 0 radical (unpaired) electrons. The van der Waals surface area contributed by atoms with Crippen LogP contribution in [0.2, 0.25) is 0 Å². The van der Waals surface area contributed by atoms with Crippen LogP contribution in [0.15, 0.2) is 30.3 Å². The van der Waals surface area contributed by atoms with Gasteiger partial charge in [-0.3, -0.25) is 9.59 Å². The molecule has 1 heterocycles. The second-order valence-corrected chi connectivity index (χ2v) is 7.96. The van der Waals surface area contributed by atoms with E-state index in [0.29, 0.717) is 19.0 Å². The van der Waals surface area contributed by atoms with Gasteiger partial charge in [-0.15, -0.1) is 11.8 Å². The number of benzene rings is 1. The summed E-state index contributed by atoms with van der Waals surface area (Å²) in [5, 5.41) is 9.27. The Morgan fingerprint density at radius 1 is 1.26 bits per heavy atom. The van der Waals surface area contributed by atoms with Gasteiger partial charge in [-0.2, -0.15) is 0 Å². The highest BCUT2D eigenvalue weighted by molar-refractivity contribution is 7.99. The van der Waals surface area contributed by atoms with Crippen LogP contribution in [0.1, 0.15) is 25.3 Å². The molecule has 1 N–H and O–H groups in total. The average Bonchev–Trinajstić information content (AvgIpc) is 3.31. The minimum atomic E-state index is -0.748. The van der Waals surface area contributed by atoms with Crippen molar-refractivity contribution in [1.82, 2.24) is 4.90 Å². The molecule has 3 rings (SSSR count). The number of rotatable bonds is 6. The Kier molecular flexibility index (Phi) is 4.95. The van der Waals surface area contributed by atoms with Gasteiger partial charge in [-0.05, 0) is 37.2 Å². The number of thioether (sulfide) groups is 1. The molecule has 3 atom stereocenters. The van der Waals surface area contributed by atoms with Gasteiger partial charge in [-0.25, -0.2) is 0 Å². The van der Waals surface area contributed by atoms with Gasteiger partial charge in [0.25, 0.3) is 0 Å². The molecular formula is C18H23NO3S. The third-order valence-electron chi connectivity index (χ3n) is 4.91. The standard InChI is InChI=1S/C18H23NO3S/c1-12(23-11-13-5-3-2-4-6-13)17(20)19-9-15(14-7-8-14)16(10-19)18(21)22/h2-6,12,14-16H,7-11H2,1H3,(H,21,22)/t12?,15-,16+/m1/s1. The molecule has 23 heavy (non-hydrogen) atoms. The number of likely N-dealkylation sites (tertiary alicyclic amines) is 1. The number of carbonyl (C=O) groups excluding carboxylic acids is 1. The summed E-state index contributed by atoms with van der Waals surface area (Å²) in [6.07, 6.45) is 2.24. The molecular weight excluding hydrogens is 310 g/mol. The van der Waals surface area contributed by atoms with Crippen molar-refractivity contribution in [1.29, 1.82) is 0 Å². The maximum Gasteiger partial charge on any atom is 0.308 e. The Morgan fingerprint density at radius 3 is 2.57 bits per heavy atom. The van der Waals surface area contributed by atoms with Gasteiger partial charge in [0.15, 0.2) is 0 Å². The zero-order chi connectivity index (χ0) is 16.4. The molecule has 5 heteroatoms. The number of carboxylic acids is 1. The lowest BCUT2D eigenvalue weighted by molar-refractivity contribution is -0.142. The quantitative estimate of drug-likeness (QED) is 0.870. The molecule has 1 amide bonds. The number of hydrogen-bond acceptors (Lipinski definition) is 3. The van der Waals surface area contributed by atoms with Gasteiger partial charge in [0.05, 0.1) is 11.2 Å². The Balaban J connectivity index is 1.56. The van der Waals surface area contributed by atoms with Crippen molar-refractivity contribution in [3.63, 3.8) is 0 Å². The number of nitrogens with zero attached hydrogens (tertiary/aromatic N) is 1. The zero-order valence-corrected chi connectivity index (χ0v) is 14.2. The van der Waals surface area contributed by atoms with Crippen molar-refractivity contribution in [2.75, 3.05) is 13.1 Å². The van der Waals surface area contributed by atoms with Gasteiger partial charge in [0, 0.05) is 18.8 Å². The highest BCUT2D eigenvalue weighted by atomic mass is 32.2. The Bertz CT molecular complexity index is 573. The first-order valence-electron chi connectivity index (χ1n) is 8.23. The van der Waals surface area contributed by atoms with Crippen LogP contribution < -0.4 is 0 Å². The SMILES string of the molecule is CC(SCc1ccccc1)C(=O)N1C[C@H](C(=O)O)[C@@H](C2CC2)C1. The summed E-state index contributed by atoms with van der Waals surface area (Å²) in [5.41, 5.74) is 1.21. The summed E-state index contributed by atoms with van der Waals surface area (Å²) in [6, 6.07) is 10.1. The molecule has 1 aromatic carbocycles. The van der Waals surface area contributed by atoms with E-state index in [0.717, 1.165) is 18.6 Å². The summed E-state index contributed by atoms with van der Waals surface area (Å²) in [7, 11) is 0. The Morgan fingerprint density at radius 2 is 1.96 bits per heavy atom. The third-order valence-corrected chi connectivity index (χ3v) is 6.11. The fraction of sp³-hybridized carbons (Fsp3) is 0.556. The van der Waals surface area contributed by atoms with Crippen LogP contribution in [0.3, 0.4) is 0 Å².